The van der Waals surface area contributed by atoms with Crippen molar-refractivity contribution in [3.05, 3.63) is 63.7 Å². The summed E-state index contributed by atoms with van der Waals surface area (Å²) >= 11 is 5.70. The van der Waals surface area contributed by atoms with Crippen LogP contribution in [0.5, 0.6) is 11.5 Å². The summed E-state index contributed by atoms with van der Waals surface area (Å²) < 4.78 is 5.62. The van der Waals surface area contributed by atoms with Crippen molar-refractivity contribution < 1.29 is 9.66 Å². The first-order chi connectivity index (χ1) is 9.11. The fourth-order valence-corrected chi connectivity index (χ4v) is 1.86. The van der Waals surface area contributed by atoms with Gasteiger partial charge in [0.25, 0.3) is 0 Å². The molecule has 2 aromatic rings. The quantitative estimate of drug-likeness (QED) is 0.472. The molecule has 2 aromatic carbocycles. The van der Waals surface area contributed by atoms with E-state index in [-0.39, 0.29) is 11.4 Å². The summed E-state index contributed by atoms with van der Waals surface area (Å²) in [6, 6.07) is 12.0. The van der Waals surface area contributed by atoms with Gasteiger partial charge in [0.15, 0.2) is 0 Å². The number of aryl methyl sites for hydroxylation is 1. The van der Waals surface area contributed by atoms with Crippen LogP contribution in [0.15, 0.2) is 42.5 Å². The smallest absolute Gasteiger partial charge is 0.311 e. The first-order valence-corrected chi connectivity index (χ1v) is 6.22. The summed E-state index contributed by atoms with van der Waals surface area (Å²) in [6.45, 7) is 1.77. The van der Waals surface area contributed by atoms with Crippen molar-refractivity contribution in [2.45, 2.75) is 12.8 Å². The van der Waals surface area contributed by atoms with E-state index in [1.165, 1.54) is 6.07 Å². The van der Waals surface area contributed by atoms with Gasteiger partial charge in [-0.15, -0.1) is 11.6 Å². The SMILES string of the molecule is Cc1cccc([N+](=O)[O-])c1Oc1ccc(CCl)cc1. The molecule has 0 radical (unpaired) electrons. The minimum absolute atomic E-state index is 0.0404. The topological polar surface area (TPSA) is 52.4 Å². The van der Waals surface area contributed by atoms with E-state index in [0.29, 0.717) is 11.6 Å². The van der Waals surface area contributed by atoms with Crippen LogP contribution in [0.3, 0.4) is 0 Å². The largest absolute Gasteiger partial charge is 0.450 e. The molecule has 0 unspecified atom stereocenters. The first-order valence-electron chi connectivity index (χ1n) is 5.68. The molecule has 0 saturated carbocycles. The third-order valence-corrected chi connectivity index (χ3v) is 2.99. The molecule has 0 saturated heterocycles. The number of halogens is 1. The third kappa shape index (κ3) is 3.03. The number of hydrogen-bond acceptors (Lipinski definition) is 3. The Labute approximate surface area is 115 Å². The van der Waals surface area contributed by atoms with E-state index in [1.54, 1.807) is 31.2 Å². The molecule has 0 aromatic heterocycles. The molecule has 19 heavy (non-hydrogen) atoms. The van der Waals surface area contributed by atoms with Gasteiger partial charge in [-0.2, -0.15) is 0 Å². The highest BCUT2D eigenvalue weighted by molar-refractivity contribution is 6.17. The van der Waals surface area contributed by atoms with Crippen LogP contribution in [-0.2, 0) is 5.88 Å². The predicted octanol–water partition coefficient (Wildman–Crippen LogP) is 4.43. The van der Waals surface area contributed by atoms with E-state index >= 15 is 0 Å². The highest BCUT2D eigenvalue weighted by Gasteiger charge is 2.17. The average Bonchev–Trinajstić information content (AvgIpc) is 2.41. The molecular weight excluding hydrogens is 266 g/mol. The molecule has 4 nitrogen and oxygen atoms in total. The number of nitro benzene ring substituents is 1. The molecule has 5 heteroatoms. The maximum atomic E-state index is 11.0. The minimum Gasteiger partial charge on any atom is -0.450 e. The summed E-state index contributed by atoms with van der Waals surface area (Å²) in [5.41, 5.74) is 1.64. The lowest BCUT2D eigenvalue weighted by Crippen LogP contribution is -1.95. The Bertz CT molecular complexity index is 596. The van der Waals surface area contributed by atoms with Crippen LogP contribution < -0.4 is 4.74 Å². The molecule has 0 atom stereocenters. The second kappa shape index (κ2) is 5.71. The van der Waals surface area contributed by atoms with Crippen molar-refractivity contribution in [1.29, 1.82) is 0 Å². The van der Waals surface area contributed by atoms with Gasteiger partial charge in [-0.25, -0.2) is 0 Å². The predicted molar refractivity (Wildman–Crippen MR) is 73.9 cm³/mol. The van der Waals surface area contributed by atoms with E-state index in [0.717, 1.165) is 11.1 Å². The zero-order valence-corrected chi connectivity index (χ0v) is 11.1. The van der Waals surface area contributed by atoms with Crippen molar-refractivity contribution in [1.82, 2.24) is 0 Å². The fraction of sp³-hybridized carbons (Fsp3) is 0.143. The molecule has 98 valence electrons. The zero-order chi connectivity index (χ0) is 13.8. The van der Waals surface area contributed by atoms with E-state index in [4.69, 9.17) is 16.3 Å². The van der Waals surface area contributed by atoms with Crippen LogP contribution in [0.25, 0.3) is 0 Å². The van der Waals surface area contributed by atoms with E-state index < -0.39 is 4.92 Å². The highest BCUT2D eigenvalue weighted by atomic mass is 35.5. The molecule has 0 aliphatic heterocycles. The van der Waals surface area contributed by atoms with Gasteiger partial charge in [-0.3, -0.25) is 10.1 Å². The Morgan fingerprint density at radius 2 is 1.89 bits per heavy atom. The molecule has 2 rings (SSSR count). The monoisotopic (exact) mass is 277 g/mol. The number of para-hydroxylation sites is 1. The number of alkyl halides is 1. The molecule has 0 bridgehead atoms. The Kier molecular flexibility index (Phi) is 4.02. The van der Waals surface area contributed by atoms with Crippen LogP contribution in [0.2, 0.25) is 0 Å². The minimum atomic E-state index is -0.449. The van der Waals surface area contributed by atoms with Crippen LogP contribution >= 0.6 is 11.6 Å². The summed E-state index contributed by atoms with van der Waals surface area (Å²) in [7, 11) is 0. The standard InChI is InChI=1S/C14H12ClNO3/c1-10-3-2-4-13(16(17)18)14(10)19-12-7-5-11(9-15)6-8-12/h2-8H,9H2,1H3. The van der Waals surface area contributed by atoms with Gasteiger partial charge in [0.05, 0.1) is 4.92 Å². The van der Waals surface area contributed by atoms with Crippen molar-refractivity contribution >= 4 is 17.3 Å². The van der Waals surface area contributed by atoms with E-state index in [9.17, 15) is 10.1 Å². The highest BCUT2D eigenvalue weighted by Crippen LogP contribution is 2.34. The second-order valence-corrected chi connectivity index (χ2v) is 4.33. The molecular formula is C14H12ClNO3. The molecule has 0 aliphatic carbocycles. The fourth-order valence-electron chi connectivity index (χ4n) is 1.68. The molecule has 0 N–H and O–H groups in total. The summed E-state index contributed by atoms with van der Waals surface area (Å²) in [5.74, 6) is 1.24. The number of nitrogens with zero attached hydrogens (tertiary/aromatic N) is 1. The second-order valence-electron chi connectivity index (χ2n) is 4.06. The van der Waals surface area contributed by atoms with Gasteiger partial charge in [-0.05, 0) is 30.2 Å². The molecule has 0 fully saturated rings. The summed E-state index contributed by atoms with van der Waals surface area (Å²) in [4.78, 5) is 10.5. The Hall–Kier alpha value is -2.07. The maximum Gasteiger partial charge on any atom is 0.311 e. The Morgan fingerprint density at radius 1 is 1.21 bits per heavy atom. The lowest BCUT2D eigenvalue weighted by molar-refractivity contribution is -0.385. The van der Waals surface area contributed by atoms with Crippen molar-refractivity contribution in [2.24, 2.45) is 0 Å². The van der Waals surface area contributed by atoms with Gasteiger partial charge in [0, 0.05) is 11.9 Å². The van der Waals surface area contributed by atoms with Gasteiger partial charge in [0.2, 0.25) is 5.75 Å². The van der Waals surface area contributed by atoms with Crippen LogP contribution in [0.1, 0.15) is 11.1 Å². The number of benzene rings is 2. The lowest BCUT2D eigenvalue weighted by atomic mass is 10.2. The van der Waals surface area contributed by atoms with Crippen molar-refractivity contribution in [2.75, 3.05) is 0 Å². The summed E-state index contributed by atoms with van der Waals surface area (Å²) in [6.07, 6.45) is 0. The lowest BCUT2D eigenvalue weighted by Gasteiger charge is -2.09. The van der Waals surface area contributed by atoms with E-state index in [2.05, 4.69) is 0 Å². The third-order valence-electron chi connectivity index (χ3n) is 2.69. The molecule has 0 spiro atoms. The van der Waals surface area contributed by atoms with Crippen LogP contribution in [0, 0.1) is 17.0 Å². The normalized spacial score (nSPS) is 10.2. The number of rotatable bonds is 4. The Morgan fingerprint density at radius 3 is 2.47 bits per heavy atom. The van der Waals surface area contributed by atoms with Crippen molar-refractivity contribution in [3.63, 3.8) is 0 Å². The number of hydrogen-bond donors (Lipinski definition) is 0. The average molecular weight is 278 g/mol. The molecule has 0 heterocycles. The van der Waals surface area contributed by atoms with Crippen molar-refractivity contribution in [3.8, 4) is 11.5 Å². The number of nitro groups is 1. The zero-order valence-electron chi connectivity index (χ0n) is 10.3. The van der Waals surface area contributed by atoms with Gasteiger partial charge >= 0.3 is 5.69 Å². The Balaban J connectivity index is 2.34. The molecule has 0 aliphatic rings. The van der Waals surface area contributed by atoms with E-state index in [1.807, 2.05) is 12.1 Å². The maximum absolute atomic E-state index is 11.0. The summed E-state index contributed by atoms with van der Waals surface area (Å²) in [5, 5.41) is 11.0. The number of ether oxygens (including phenoxy) is 1. The van der Waals surface area contributed by atoms with Gasteiger partial charge in [0.1, 0.15) is 5.75 Å². The van der Waals surface area contributed by atoms with Crippen LogP contribution in [-0.4, -0.2) is 4.92 Å². The first kappa shape index (κ1) is 13.4. The van der Waals surface area contributed by atoms with Gasteiger partial charge < -0.3 is 4.74 Å². The molecule has 0 amide bonds. The van der Waals surface area contributed by atoms with Crippen LogP contribution in [0.4, 0.5) is 5.69 Å². The van der Waals surface area contributed by atoms with Gasteiger partial charge in [-0.1, -0.05) is 24.3 Å².